The van der Waals surface area contributed by atoms with Gasteiger partial charge in [0.2, 0.25) is 0 Å². The number of imidazole rings is 1. The highest BCUT2D eigenvalue weighted by atomic mass is 16.5. The Morgan fingerprint density at radius 1 is 1.33 bits per heavy atom. The van der Waals surface area contributed by atoms with Crippen LogP contribution in [0.3, 0.4) is 0 Å². The van der Waals surface area contributed by atoms with Crippen LogP contribution in [0.5, 0.6) is 0 Å². The fourth-order valence-corrected chi connectivity index (χ4v) is 2.96. The quantitative estimate of drug-likeness (QED) is 0.852. The average molecular weight is 293 g/mol. The molecule has 3 rings (SSSR count). The zero-order valence-electron chi connectivity index (χ0n) is 11.7. The molecule has 0 atom stereocenters. The molecule has 2 fully saturated rings. The summed E-state index contributed by atoms with van der Waals surface area (Å²) in [4.78, 5) is 26.9. The number of amides is 1. The van der Waals surface area contributed by atoms with Gasteiger partial charge in [-0.1, -0.05) is 0 Å². The third kappa shape index (κ3) is 3.07. The lowest BCUT2D eigenvalue weighted by atomic mass is 9.88. The van der Waals surface area contributed by atoms with Crippen molar-refractivity contribution in [3.05, 3.63) is 18.2 Å². The van der Waals surface area contributed by atoms with Gasteiger partial charge >= 0.3 is 6.09 Å². The molecule has 1 N–H and O–H groups in total. The van der Waals surface area contributed by atoms with Gasteiger partial charge in [0.1, 0.15) is 5.69 Å². The number of hydrogen-bond donors (Lipinski definition) is 1. The molecule has 2 heterocycles. The minimum absolute atomic E-state index is 0.167. The predicted octanol–water partition coefficient (Wildman–Crippen LogP) is 1.56. The summed E-state index contributed by atoms with van der Waals surface area (Å²) >= 11 is 0. The van der Waals surface area contributed by atoms with Crippen LogP contribution in [-0.4, -0.2) is 57.2 Å². The van der Waals surface area contributed by atoms with Crippen LogP contribution in [0.25, 0.3) is 0 Å². The number of carbonyl (C=O) groups excluding carboxylic acids is 1. The van der Waals surface area contributed by atoms with E-state index in [0.717, 1.165) is 32.0 Å². The van der Waals surface area contributed by atoms with Crippen molar-refractivity contribution in [1.82, 2.24) is 14.5 Å². The molecule has 1 aromatic heterocycles. The fraction of sp³-hybridized carbons (Fsp3) is 0.643. The Balaban J connectivity index is 1.41. The van der Waals surface area contributed by atoms with Crippen molar-refractivity contribution in [2.24, 2.45) is 0 Å². The molecule has 2 aliphatic rings. The van der Waals surface area contributed by atoms with Gasteiger partial charge in [-0.3, -0.25) is 4.79 Å². The third-order valence-corrected chi connectivity index (χ3v) is 4.33. The highest BCUT2D eigenvalue weighted by molar-refractivity contribution is 5.71. The maximum Gasteiger partial charge on any atom is 0.407 e. The second kappa shape index (κ2) is 5.85. The minimum atomic E-state index is -0.844. The van der Waals surface area contributed by atoms with Crippen LogP contribution < -0.4 is 0 Å². The zero-order valence-corrected chi connectivity index (χ0v) is 11.7. The molecule has 1 saturated carbocycles. The molecule has 0 radical (unpaired) electrons. The van der Waals surface area contributed by atoms with Gasteiger partial charge in [0.15, 0.2) is 6.29 Å². The molecule has 21 heavy (non-hydrogen) atoms. The summed E-state index contributed by atoms with van der Waals surface area (Å²) in [6, 6.07) is 0.357. The van der Waals surface area contributed by atoms with E-state index in [0.29, 0.717) is 24.8 Å². The second-order valence-corrected chi connectivity index (χ2v) is 5.72. The summed E-state index contributed by atoms with van der Waals surface area (Å²) in [5, 5.41) is 8.90. The summed E-state index contributed by atoms with van der Waals surface area (Å²) in [6.07, 6.45) is 7.15. The van der Waals surface area contributed by atoms with Crippen LogP contribution in [0, 0.1) is 0 Å². The fourth-order valence-electron chi connectivity index (χ4n) is 2.96. The molecular weight excluding hydrogens is 274 g/mol. The van der Waals surface area contributed by atoms with Gasteiger partial charge in [-0.2, -0.15) is 0 Å². The molecule has 1 aliphatic heterocycles. The molecule has 0 bridgehead atoms. The van der Waals surface area contributed by atoms with Crippen LogP contribution in [0.4, 0.5) is 4.79 Å². The standard InChI is InChI=1S/C14H19N3O4/c18-8-10-7-17(9-15-10)11-5-13(6-11)21-12-1-3-16(4-2-12)14(19)20/h7-9,11-13H,1-6H2,(H,19,20). The number of ether oxygens (including phenoxy) is 1. The normalized spacial score (nSPS) is 26.4. The van der Waals surface area contributed by atoms with E-state index in [-0.39, 0.29) is 12.2 Å². The van der Waals surface area contributed by atoms with Crippen molar-refractivity contribution in [3.8, 4) is 0 Å². The van der Waals surface area contributed by atoms with E-state index >= 15 is 0 Å². The van der Waals surface area contributed by atoms with Gasteiger partial charge in [-0.05, 0) is 25.7 Å². The monoisotopic (exact) mass is 293 g/mol. The Morgan fingerprint density at radius 3 is 2.62 bits per heavy atom. The van der Waals surface area contributed by atoms with E-state index in [4.69, 9.17) is 9.84 Å². The topological polar surface area (TPSA) is 84.7 Å². The lowest BCUT2D eigenvalue weighted by molar-refractivity contribution is -0.0882. The van der Waals surface area contributed by atoms with E-state index in [1.54, 1.807) is 12.5 Å². The van der Waals surface area contributed by atoms with E-state index in [2.05, 4.69) is 4.98 Å². The molecule has 1 aliphatic carbocycles. The molecule has 1 amide bonds. The first kappa shape index (κ1) is 14.1. The largest absolute Gasteiger partial charge is 0.465 e. The van der Waals surface area contributed by atoms with Crippen LogP contribution >= 0.6 is 0 Å². The number of carbonyl (C=O) groups is 2. The first-order chi connectivity index (χ1) is 10.2. The Hall–Kier alpha value is -1.89. The SMILES string of the molecule is O=Cc1cn(C2CC(OC3CCN(C(=O)O)CC3)C2)cn1. The molecule has 0 unspecified atom stereocenters. The van der Waals surface area contributed by atoms with Gasteiger partial charge in [0.05, 0.1) is 18.5 Å². The maximum atomic E-state index is 10.8. The summed E-state index contributed by atoms with van der Waals surface area (Å²) in [5.74, 6) is 0. The number of aldehydes is 1. The van der Waals surface area contributed by atoms with Gasteiger partial charge < -0.3 is 19.3 Å². The van der Waals surface area contributed by atoms with E-state index < -0.39 is 6.09 Å². The Labute approximate surface area is 122 Å². The number of rotatable bonds is 4. The van der Waals surface area contributed by atoms with Crippen molar-refractivity contribution >= 4 is 12.4 Å². The molecule has 7 heteroatoms. The highest BCUT2D eigenvalue weighted by Crippen LogP contribution is 2.36. The number of likely N-dealkylation sites (tertiary alicyclic amines) is 1. The summed E-state index contributed by atoms with van der Waals surface area (Å²) < 4.78 is 7.99. The average Bonchev–Trinajstić information content (AvgIpc) is 2.91. The van der Waals surface area contributed by atoms with Crippen molar-refractivity contribution in [2.45, 2.75) is 43.9 Å². The number of piperidine rings is 1. The molecule has 0 aromatic carbocycles. The molecule has 7 nitrogen and oxygen atoms in total. The van der Waals surface area contributed by atoms with Gasteiger partial charge in [0, 0.05) is 25.3 Å². The molecule has 0 spiro atoms. The van der Waals surface area contributed by atoms with Crippen molar-refractivity contribution < 1.29 is 19.4 Å². The summed E-state index contributed by atoms with van der Waals surface area (Å²) in [5.41, 5.74) is 0.459. The summed E-state index contributed by atoms with van der Waals surface area (Å²) in [7, 11) is 0. The van der Waals surface area contributed by atoms with Gasteiger partial charge in [0.25, 0.3) is 0 Å². The molecule has 114 valence electrons. The predicted molar refractivity (Wildman–Crippen MR) is 73.4 cm³/mol. The van der Waals surface area contributed by atoms with E-state index in [1.165, 1.54) is 4.90 Å². The van der Waals surface area contributed by atoms with Gasteiger partial charge in [-0.15, -0.1) is 0 Å². The van der Waals surface area contributed by atoms with Gasteiger partial charge in [-0.25, -0.2) is 9.78 Å². The number of hydrogen-bond acceptors (Lipinski definition) is 4. The zero-order chi connectivity index (χ0) is 14.8. The Kier molecular flexibility index (Phi) is 3.92. The molecule has 1 aromatic rings. The first-order valence-corrected chi connectivity index (χ1v) is 7.27. The number of nitrogens with zero attached hydrogens (tertiary/aromatic N) is 3. The molecule has 1 saturated heterocycles. The third-order valence-electron chi connectivity index (χ3n) is 4.33. The Bertz CT molecular complexity index is 516. The van der Waals surface area contributed by atoms with Crippen LogP contribution in [0.1, 0.15) is 42.2 Å². The smallest absolute Gasteiger partial charge is 0.407 e. The second-order valence-electron chi connectivity index (χ2n) is 5.72. The summed E-state index contributed by atoms with van der Waals surface area (Å²) in [6.45, 7) is 1.11. The van der Waals surface area contributed by atoms with Crippen LogP contribution in [0.15, 0.2) is 12.5 Å². The van der Waals surface area contributed by atoms with Crippen LogP contribution in [-0.2, 0) is 4.74 Å². The number of aromatic nitrogens is 2. The highest BCUT2D eigenvalue weighted by Gasteiger charge is 2.34. The lowest BCUT2D eigenvalue weighted by Crippen LogP contribution is -2.43. The first-order valence-electron chi connectivity index (χ1n) is 7.27. The Morgan fingerprint density at radius 2 is 2.05 bits per heavy atom. The number of carboxylic acid groups (broad SMARTS) is 1. The van der Waals surface area contributed by atoms with Crippen molar-refractivity contribution in [2.75, 3.05) is 13.1 Å². The van der Waals surface area contributed by atoms with Crippen molar-refractivity contribution in [1.29, 1.82) is 0 Å². The van der Waals surface area contributed by atoms with Crippen LogP contribution in [0.2, 0.25) is 0 Å². The lowest BCUT2D eigenvalue weighted by Gasteiger charge is -2.40. The molecular formula is C14H19N3O4. The van der Waals surface area contributed by atoms with E-state index in [1.807, 2.05) is 4.57 Å². The van der Waals surface area contributed by atoms with E-state index in [9.17, 15) is 9.59 Å². The maximum absolute atomic E-state index is 10.8. The van der Waals surface area contributed by atoms with Crippen molar-refractivity contribution in [3.63, 3.8) is 0 Å². The minimum Gasteiger partial charge on any atom is -0.465 e.